The third-order valence-electron chi connectivity index (χ3n) is 4.81. The standard InChI is InChI=1S/C18H28N2O/c1-3-14-5-4-6-16(11-14)21-18-10-7-13(2)20-17(18)12-19-15-8-9-15/h7,10,14-16,19H,3-6,8-9,11-12H2,1-2H3. The summed E-state index contributed by atoms with van der Waals surface area (Å²) in [7, 11) is 0. The molecule has 2 unspecified atom stereocenters. The number of aromatic nitrogens is 1. The zero-order valence-corrected chi connectivity index (χ0v) is 13.4. The Morgan fingerprint density at radius 3 is 2.86 bits per heavy atom. The molecule has 1 N–H and O–H groups in total. The lowest BCUT2D eigenvalue weighted by molar-refractivity contribution is 0.120. The fraction of sp³-hybridized carbons (Fsp3) is 0.722. The minimum Gasteiger partial charge on any atom is -0.488 e. The van der Waals surface area contributed by atoms with Crippen LogP contribution in [0.5, 0.6) is 5.75 Å². The molecule has 1 aromatic heterocycles. The van der Waals surface area contributed by atoms with E-state index < -0.39 is 0 Å². The predicted octanol–water partition coefficient (Wildman–Crippen LogP) is 3.99. The van der Waals surface area contributed by atoms with Crippen molar-refractivity contribution in [2.24, 2.45) is 5.92 Å². The summed E-state index contributed by atoms with van der Waals surface area (Å²) in [4.78, 5) is 4.69. The van der Waals surface area contributed by atoms with Gasteiger partial charge in [-0.2, -0.15) is 0 Å². The molecule has 3 rings (SSSR count). The zero-order chi connectivity index (χ0) is 14.7. The minimum absolute atomic E-state index is 0.382. The smallest absolute Gasteiger partial charge is 0.142 e. The summed E-state index contributed by atoms with van der Waals surface area (Å²) >= 11 is 0. The van der Waals surface area contributed by atoms with Crippen LogP contribution < -0.4 is 10.1 Å². The first kappa shape index (κ1) is 14.8. The molecule has 0 radical (unpaired) electrons. The summed E-state index contributed by atoms with van der Waals surface area (Å²) in [5.41, 5.74) is 2.16. The molecule has 0 aliphatic heterocycles. The normalized spacial score (nSPS) is 25.8. The summed E-state index contributed by atoms with van der Waals surface area (Å²) in [6.07, 6.45) is 9.36. The maximum absolute atomic E-state index is 6.32. The molecule has 2 atom stereocenters. The van der Waals surface area contributed by atoms with E-state index in [2.05, 4.69) is 31.3 Å². The monoisotopic (exact) mass is 288 g/mol. The molecule has 0 amide bonds. The first-order valence-electron chi connectivity index (χ1n) is 8.61. The Hall–Kier alpha value is -1.09. The van der Waals surface area contributed by atoms with Gasteiger partial charge in [0.2, 0.25) is 0 Å². The maximum Gasteiger partial charge on any atom is 0.142 e. The van der Waals surface area contributed by atoms with Crippen LogP contribution in [0.1, 0.15) is 63.3 Å². The second kappa shape index (κ2) is 6.78. The van der Waals surface area contributed by atoms with Crippen LogP contribution in [0, 0.1) is 12.8 Å². The molecular weight excluding hydrogens is 260 g/mol. The highest BCUT2D eigenvalue weighted by atomic mass is 16.5. The molecule has 2 aliphatic rings. The average Bonchev–Trinajstić information content (AvgIpc) is 3.32. The van der Waals surface area contributed by atoms with Crippen molar-refractivity contribution in [3.63, 3.8) is 0 Å². The van der Waals surface area contributed by atoms with Crippen LogP contribution in [0.15, 0.2) is 12.1 Å². The summed E-state index contributed by atoms with van der Waals surface area (Å²) in [5.74, 6) is 1.84. The van der Waals surface area contributed by atoms with Gasteiger partial charge in [0, 0.05) is 18.3 Å². The predicted molar refractivity (Wildman–Crippen MR) is 85.5 cm³/mol. The Morgan fingerprint density at radius 1 is 1.24 bits per heavy atom. The summed E-state index contributed by atoms with van der Waals surface area (Å²) in [6, 6.07) is 4.89. The molecule has 3 nitrogen and oxygen atoms in total. The van der Waals surface area contributed by atoms with E-state index in [-0.39, 0.29) is 0 Å². The molecule has 2 aliphatic carbocycles. The van der Waals surface area contributed by atoms with Crippen molar-refractivity contribution in [2.45, 2.75) is 77.5 Å². The van der Waals surface area contributed by atoms with E-state index in [1.165, 1.54) is 44.9 Å². The Labute approximate surface area is 128 Å². The van der Waals surface area contributed by atoms with Gasteiger partial charge < -0.3 is 10.1 Å². The lowest BCUT2D eigenvalue weighted by atomic mass is 9.85. The quantitative estimate of drug-likeness (QED) is 0.859. The Balaban J connectivity index is 1.65. The van der Waals surface area contributed by atoms with Gasteiger partial charge in [-0.3, -0.25) is 4.98 Å². The first-order valence-corrected chi connectivity index (χ1v) is 8.61. The summed E-state index contributed by atoms with van der Waals surface area (Å²) < 4.78 is 6.32. The molecule has 0 aromatic carbocycles. The van der Waals surface area contributed by atoms with Crippen LogP contribution in [0.3, 0.4) is 0 Å². The van der Waals surface area contributed by atoms with Crippen LogP contribution in [-0.4, -0.2) is 17.1 Å². The highest BCUT2D eigenvalue weighted by Gasteiger charge is 2.24. The highest BCUT2D eigenvalue weighted by Crippen LogP contribution is 2.31. The van der Waals surface area contributed by atoms with Crippen molar-refractivity contribution < 1.29 is 4.74 Å². The van der Waals surface area contributed by atoms with Crippen molar-refractivity contribution in [1.29, 1.82) is 0 Å². The number of ether oxygens (including phenoxy) is 1. The van der Waals surface area contributed by atoms with Crippen LogP contribution in [0.25, 0.3) is 0 Å². The molecular formula is C18H28N2O. The van der Waals surface area contributed by atoms with Crippen molar-refractivity contribution in [3.05, 3.63) is 23.5 Å². The van der Waals surface area contributed by atoms with E-state index >= 15 is 0 Å². The number of nitrogens with zero attached hydrogens (tertiary/aromatic N) is 1. The molecule has 0 spiro atoms. The van der Waals surface area contributed by atoms with Crippen LogP contribution >= 0.6 is 0 Å². The largest absolute Gasteiger partial charge is 0.488 e. The van der Waals surface area contributed by atoms with Crippen LogP contribution in [0.4, 0.5) is 0 Å². The van der Waals surface area contributed by atoms with E-state index in [0.29, 0.717) is 12.1 Å². The summed E-state index contributed by atoms with van der Waals surface area (Å²) in [6.45, 7) is 5.19. The van der Waals surface area contributed by atoms with Crippen LogP contribution in [-0.2, 0) is 6.54 Å². The van der Waals surface area contributed by atoms with Gasteiger partial charge in [-0.1, -0.05) is 19.8 Å². The van der Waals surface area contributed by atoms with Crippen LogP contribution in [0.2, 0.25) is 0 Å². The molecule has 1 aromatic rings. The van der Waals surface area contributed by atoms with Crippen molar-refractivity contribution in [3.8, 4) is 5.75 Å². The molecule has 1 heterocycles. The number of hydrogen-bond donors (Lipinski definition) is 1. The van der Waals surface area contributed by atoms with Gasteiger partial charge >= 0.3 is 0 Å². The van der Waals surface area contributed by atoms with Gasteiger partial charge in [-0.25, -0.2) is 0 Å². The Morgan fingerprint density at radius 2 is 2.10 bits per heavy atom. The lowest BCUT2D eigenvalue weighted by Crippen LogP contribution is -2.26. The molecule has 3 heteroatoms. The first-order chi connectivity index (χ1) is 10.2. The third-order valence-corrected chi connectivity index (χ3v) is 4.81. The molecule has 2 saturated carbocycles. The topological polar surface area (TPSA) is 34.1 Å². The third kappa shape index (κ3) is 4.19. The van der Waals surface area contributed by atoms with Gasteiger partial charge in [0.25, 0.3) is 0 Å². The number of nitrogens with one attached hydrogen (secondary N) is 1. The second-order valence-corrected chi connectivity index (χ2v) is 6.73. The van der Waals surface area contributed by atoms with E-state index in [4.69, 9.17) is 9.72 Å². The number of pyridine rings is 1. The fourth-order valence-corrected chi connectivity index (χ4v) is 3.26. The second-order valence-electron chi connectivity index (χ2n) is 6.73. The van der Waals surface area contributed by atoms with Crippen molar-refractivity contribution in [1.82, 2.24) is 10.3 Å². The van der Waals surface area contributed by atoms with Gasteiger partial charge in [0.05, 0.1) is 11.8 Å². The summed E-state index contributed by atoms with van der Waals surface area (Å²) in [5, 5.41) is 3.56. The maximum atomic E-state index is 6.32. The molecule has 116 valence electrons. The minimum atomic E-state index is 0.382. The molecule has 0 saturated heterocycles. The van der Waals surface area contributed by atoms with Gasteiger partial charge in [-0.05, 0) is 57.1 Å². The van der Waals surface area contributed by atoms with Crippen molar-refractivity contribution >= 4 is 0 Å². The van der Waals surface area contributed by atoms with E-state index in [1.54, 1.807) is 0 Å². The number of aryl methyl sites for hydroxylation is 1. The number of rotatable bonds is 6. The van der Waals surface area contributed by atoms with E-state index in [1.807, 2.05) is 0 Å². The van der Waals surface area contributed by atoms with Crippen molar-refractivity contribution in [2.75, 3.05) is 0 Å². The fourth-order valence-electron chi connectivity index (χ4n) is 3.26. The van der Waals surface area contributed by atoms with Gasteiger partial charge in [-0.15, -0.1) is 0 Å². The Kier molecular flexibility index (Phi) is 4.79. The lowest BCUT2D eigenvalue weighted by Gasteiger charge is -2.29. The molecule has 0 bridgehead atoms. The highest BCUT2D eigenvalue weighted by molar-refractivity contribution is 5.29. The van der Waals surface area contributed by atoms with E-state index in [9.17, 15) is 0 Å². The SMILES string of the molecule is CCC1CCCC(Oc2ccc(C)nc2CNC2CC2)C1. The average molecular weight is 288 g/mol. The number of hydrogen-bond acceptors (Lipinski definition) is 3. The molecule has 2 fully saturated rings. The van der Waals surface area contributed by atoms with Gasteiger partial charge in [0.15, 0.2) is 0 Å². The Bertz CT molecular complexity index is 470. The molecule has 21 heavy (non-hydrogen) atoms. The van der Waals surface area contributed by atoms with E-state index in [0.717, 1.165) is 29.6 Å². The zero-order valence-electron chi connectivity index (χ0n) is 13.4. The van der Waals surface area contributed by atoms with Gasteiger partial charge in [0.1, 0.15) is 5.75 Å².